The topological polar surface area (TPSA) is 15.3 Å². The van der Waals surface area contributed by atoms with E-state index in [1.165, 1.54) is 38.0 Å². The van der Waals surface area contributed by atoms with Crippen LogP contribution in [-0.4, -0.2) is 37.1 Å². The fourth-order valence-electron chi connectivity index (χ4n) is 2.92. The lowest BCUT2D eigenvalue weighted by Gasteiger charge is -2.22. The first-order valence-corrected chi connectivity index (χ1v) is 8.63. The highest BCUT2D eigenvalue weighted by atomic mass is 79.9. The fourth-order valence-corrected chi connectivity index (χ4v) is 3.18. The van der Waals surface area contributed by atoms with E-state index in [9.17, 15) is 0 Å². The average Bonchev–Trinajstić information content (AvgIpc) is 2.92. The third kappa shape index (κ3) is 5.55. The summed E-state index contributed by atoms with van der Waals surface area (Å²) in [5, 5.41) is 3.68. The van der Waals surface area contributed by atoms with Crippen LogP contribution in [0.4, 0.5) is 0 Å². The molecule has 0 bridgehead atoms. The van der Waals surface area contributed by atoms with E-state index in [1.54, 1.807) is 0 Å². The lowest BCUT2D eigenvalue weighted by atomic mass is 10.1. The highest BCUT2D eigenvalue weighted by molar-refractivity contribution is 9.10. The molecule has 1 aliphatic rings. The average molecular weight is 339 g/mol. The number of halogens is 1. The molecule has 0 saturated carbocycles. The summed E-state index contributed by atoms with van der Waals surface area (Å²) >= 11 is 3.48. The number of hydrogen-bond acceptors (Lipinski definition) is 2. The number of nitrogens with one attached hydrogen (secondary N) is 1. The Labute approximate surface area is 132 Å². The molecule has 1 aliphatic heterocycles. The molecule has 0 radical (unpaired) electrons. The van der Waals surface area contributed by atoms with Crippen molar-refractivity contribution in [1.82, 2.24) is 10.2 Å². The maximum atomic E-state index is 3.68. The van der Waals surface area contributed by atoms with Crippen molar-refractivity contribution in [3.63, 3.8) is 0 Å². The number of benzene rings is 1. The minimum absolute atomic E-state index is 0.539. The molecule has 1 saturated heterocycles. The smallest absolute Gasteiger partial charge is 0.0175 e. The van der Waals surface area contributed by atoms with Crippen LogP contribution in [0.5, 0.6) is 0 Å². The molecule has 3 heteroatoms. The standard InChI is InChI=1S/C17H27BrN2/c1-14(13-20-9-3-4-10-20)12-19-15(2)11-16-5-7-17(18)8-6-16/h5-8,14-15,19H,3-4,9-13H2,1-2H3. The maximum absolute atomic E-state index is 3.68. The molecule has 2 unspecified atom stereocenters. The number of likely N-dealkylation sites (tertiary alicyclic amines) is 1. The molecule has 2 atom stereocenters. The van der Waals surface area contributed by atoms with Gasteiger partial charge in [-0.25, -0.2) is 0 Å². The van der Waals surface area contributed by atoms with Gasteiger partial charge in [0.05, 0.1) is 0 Å². The third-order valence-electron chi connectivity index (χ3n) is 4.04. The van der Waals surface area contributed by atoms with Crippen LogP contribution >= 0.6 is 15.9 Å². The van der Waals surface area contributed by atoms with Crippen molar-refractivity contribution < 1.29 is 0 Å². The Kier molecular flexibility index (Phi) is 6.53. The van der Waals surface area contributed by atoms with Crippen molar-refractivity contribution in [3.8, 4) is 0 Å². The Morgan fingerprint density at radius 1 is 1.15 bits per heavy atom. The second kappa shape index (κ2) is 8.16. The molecular formula is C17H27BrN2. The van der Waals surface area contributed by atoms with Crippen molar-refractivity contribution in [1.29, 1.82) is 0 Å². The lowest BCUT2D eigenvalue weighted by molar-refractivity contribution is 0.278. The minimum atomic E-state index is 0.539. The molecule has 1 heterocycles. The summed E-state index contributed by atoms with van der Waals surface area (Å²) in [4.78, 5) is 2.60. The molecule has 1 fully saturated rings. The van der Waals surface area contributed by atoms with Gasteiger partial charge in [-0.2, -0.15) is 0 Å². The van der Waals surface area contributed by atoms with E-state index >= 15 is 0 Å². The third-order valence-corrected chi connectivity index (χ3v) is 4.57. The monoisotopic (exact) mass is 338 g/mol. The van der Waals surface area contributed by atoms with Gasteiger partial charge in [0.2, 0.25) is 0 Å². The van der Waals surface area contributed by atoms with Crippen LogP contribution in [0.1, 0.15) is 32.3 Å². The van der Waals surface area contributed by atoms with Gasteiger partial charge in [-0.3, -0.25) is 0 Å². The summed E-state index contributed by atoms with van der Waals surface area (Å²) in [5.74, 6) is 0.737. The van der Waals surface area contributed by atoms with E-state index in [0.29, 0.717) is 6.04 Å². The minimum Gasteiger partial charge on any atom is -0.314 e. The molecule has 1 aromatic carbocycles. The van der Waals surface area contributed by atoms with Crippen LogP contribution in [-0.2, 0) is 6.42 Å². The zero-order chi connectivity index (χ0) is 14.4. The largest absolute Gasteiger partial charge is 0.314 e. The van der Waals surface area contributed by atoms with E-state index in [4.69, 9.17) is 0 Å². The van der Waals surface area contributed by atoms with Crippen LogP contribution < -0.4 is 5.32 Å². The van der Waals surface area contributed by atoms with Gasteiger partial charge in [-0.05, 0) is 69.4 Å². The number of rotatable bonds is 7. The first kappa shape index (κ1) is 16.0. The predicted octanol–water partition coefficient (Wildman–Crippen LogP) is 3.70. The van der Waals surface area contributed by atoms with Crippen LogP contribution in [0.2, 0.25) is 0 Å². The second-order valence-electron chi connectivity index (χ2n) is 6.25. The normalized spacial score (nSPS) is 19.1. The van der Waals surface area contributed by atoms with E-state index in [0.717, 1.165) is 23.4 Å². The summed E-state index contributed by atoms with van der Waals surface area (Å²) in [6.45, 7) is 9.62. The Morgan fingerprint density at radius 3 is 2.45 bits per heavy atom. The van der Waals surface area contributed by atoms with Gasteiger partial charge in [0.25, 0.3) is 0 Å². The van der Waals surface area contributed by atoms with Crippen LogP contribution in [0.15, 0.2) is 28.7 Å². The summed E-state index contributed by atoms with van der Waals surface area (Å²) in [5.41, 5.74) is 1.40. The first-order chi connectivity index (χ1) is 9.63. The van der Waals surface area contributed by atoms with Gasteiger partial charge in [-0.15, -0.1) is 0 Å². The van der Waals surface area contributed by atoms with Gasteiger partial charge in [0.15, 0.2) is 0 Å². The summed E-state index contributed by atoms with van der Waals surface area (Å²) < 4.78 is 1.15. The summed E-state index contributed by atoms with van der Waals surface area (Å²) in [6.07, 6.45) is 3.88. The van der Waals surface area contributed by atoms with Crippen molar-refractivity contribution in [2.75, 3.05) is 26.2 Å². The molecule has 2 nitrogen and oxygen atoms in total. The zero-order valence-electron chi connectivity index (χ0n) is 12.7. The van der Waals surface area contributed by atoms with E-state index in [-0.39, 0.29) is 0 Å². The highest BCUT2D eigenvalue weighted by Crippen LogP contribution is 2.12. The van der Waals surface area contributed by atoms with Crippen molar-refractivity contribution in [3.05, 3.63) is 34.3 Å². The molecule has 0 spiro atoms. The van der Waals surface area contributed by atoms with Crippen molar-refractivity contribution in [2.24, 2.45) is 5.92 Å². The van der Waals surface area contributed by atoms with Crippen molar-refractivity contribution >= 4 is 15.9 Å². The quantitative estimate of drug-likeness (QED) is 0.815. The second-order valence-corrected chi connectivity index (χ2v) is 7.17. The van der Waals surface area contributed by atoms with Crippen LogP contribution in [0, 0.1) is 5.92 Å². The molecule has 1 N–H and O–H groups in total. The van der Waals surface area contributed by atoms with E-state index in [1.807, 2.05) is 0 Å². The fraction of sp³-hybridized carbons (Fsp3) is 0.647. The van der Waals surface area contributed by atoms with Gasteiger partial charge >= 0.3 is 0 Å². The highest BCUT2D eigenvalue weighted by Gasteiger charge is 2.15. The first-order valence-electron chi connectivity index (χ1n) is 7.83. The maximum Gasteiger partial charge on any atom is 0.0175 e. The van der Waals surface area contributed by atoms with Crippen molar-refractivity contribution in [2.45, 2.75) is 39.2 Å². The molecule has 1 aromatic rings. The predicted molar refractivity (Wildman–Crippen MR) is 90.1 cm³/mol. The van der Waals surface area contributed by atoms with E-state index < -0.39 is 0 Å². The Bertz CT molecular complexity index is 384. The summed E-state index contributed by atoms with van der Waals surface area (Å²) in [7, 11) is 0. The van der Waals surface area contributed by atoms with Crippen LogP contribution in [0.25, 0.3) is 0 Å². The molecule has 0 aromatic heterocycles. The summed E-state index contributed by atoms with van der Waals surface area (Å²) in [6, 6.07) is 9.19. The van der Waals surface area contributed by atoms with Gasteiger partial charge in [-0.1, -0.05) is 35.0 Å². The molecule has 112 valence electrons. The number of nitrogens with zero attached hydrogens (tertiary/aromatic N) is 1. The van der Waals surface area contributed by atoms with Gasteiger partial charge in [0.1, 0.15) is 0 Å². The Morgan fingerprint density at radius 2 is 1.80 bits per heavy atom. The lowest BCUT2D eigenvalue weighted by Crippen LogP contribution is -2.36. The van der Waals surface area contributed by atoms with E-state index in [2.05, 4.69) is 64.3 Å². The zero-order valence-corrected chi connectivity index (χ0v) is 14.3. The molecular weight excluding hydrogens is 312 g/mol. The Balaban J connectivity index is 1.66. The molecule has 0 amide bonds. The Hall–Kier alpha value is -0.380. The van der Waals surface area contributed by atoms with Gasteiger partial charge in [0, 0.05) is 17.1 Å². The molecule has 20 heavy (non-hydrogen) atoms. The molecule has 2 rings (SSSR count). The molecule has 0 aliphatic carbocycles. The number of hydrogen-bond donors (Lipinski definition) is 1. The van der Waals surface area contributed by atoms with Crippen LogP contribution in [0.3, 0.4) is 0 Å². The SMILES string of the molecule is CC(CNC(C)Cc1ccc(Br)cc1)CN1CCCC1. The van der Waals surface area contributed by atoms with Gasteiger partial charge < -0.3 is 10.2 Å².